The molecule has 0 heterocycles. The molecule has 20 heavy (non-hydrogen) atoms. The number of ether oxygens (including phenoxy) is 1. The lowest BCUT2D eigenvalue weighted by atomic mass is 10.1. The second kappa shape index (κ2) is 9.82. The van der Waals surface area contributed by atoms with Crippen molar-refractivity contribution in [3.8, 4) is 5.75 Å². The van der Waals surface area contributed by atoms with Crippen LogP contribution in [0.2, 0.25) is 0 Å². The third-order valence-electron chi connectivity index (χ3n) is 3.56. The lowest BCUT2D eigenvalue weighted by Crippen LogP contribution is -2.29. The van der Waals surface area contributed by atoms with E-state index in [2.05, 4.69) is 51.2 Å². The molecule has 114 valence electrons. The normalized spacial score (nSPS) is 12.4. The summed E-state index contributed by atoms with van der Waals surface area (Å²) in [5, 5.41) is 3.49. The Hall–Kier alpha value is -1.02. The molecule has 0 aliphatic carbocycles. The van der Waals surface area contributed by atoms with Crippen LogP contribution in [0, 0.1) is 13.8 Å². The molecule has 2 nitrogen and oxygen atoms in total. The van der Waals surface area contributed by atoms with Crippen LogP contribution >= 0.6 is 0 Å². The molecule has 0 aromatic heterocycles. The first-order valence-electron chi connectivity index (χ1n) is 8.08. The van der Waals surface area contributed by atoms with Crippen LogP contribution in [0.25, 0.3) is 0 Å². The Morgan fingerprint density at radius 2 is 1.85 bits per heavy atom. The van der Waals surface area contributed by atoms with Crippen LogP contribution in [0.3, 0.4) is 0 Å². The van der Waals surface area contributed by atoms with E-state index in [1.807, 2.05) is 0 Å². The van der Waals surface area contributed by atoms with Crippen molar-refractivity contribution in [2.24, 2.45) is 0 Å². The maximum absolute atomic E-state index is 6.01. The number of hydrogen-bond acceptors (Lipinski definition) is 2. The van der Waals surface area contributed by atoms with E-state index in [1.165, 1.54) is 43.2 Å². The van der Waals surface area contributed by atoms with Gasteiger partial charge in [0.1, 0.15) is 11.9 Å². The molecule has 1 N–H and O–H groups in total. The second-order valence-corrected chi connectivity index (χ2v) is 5.82. The first-order chi connectivity index (χ1) is 9.63. The van der Waals surface area contributed by atoms with E-state index in [9.17, 15) is 0 Å². The molecule has 1 rings (SSSR count). The second-order valence-electron chi connectivity index (χ2n) is 5.82. The number of nitrogens with one attached hydrogen (secondary N) is 1. The van der Waals surface area contributed by atoms with Crippen LogP contribution in [0.15, 0.2) is 18.2 Å². The van der Waals surface area contributed by atoms with Gasteiger partial charge >= 0.3 is 0 Å². The summed E-state index contributed by atoms with van der Waals surface area (Å²) in [6.45, 7) is 10.6. The molecule has 1 aromatic rings. The van der Waals surface area contributed by atoms with Crippen LogP contribution in [0.5, 0.6) is 5.75 Å². The molecular formula is C18H31NO. The van der Waals surface area contributed by atoms with E-state index in [4.69, 9.17) is 4.74 Å². The minimum atomic E-state index is 0.214. The summed E-state index contributed by atoms with van der Waals surface area (Å²) in [5.74, 6) is 1.02. The Kier molecular flexibility index (Phi) is 8.36. The van der Waals surface area contributed by atoms with Gasteiger partial charge in [-0.2, -0.15) is 0 Å². The van der Waals surface area contributed by atoms with E-state index in [0.717, 1.165) is 18.8 Å². The van der Waals surface area contributed by atoms with E-state index in [0.29, 0.717) is 0 Å². The van der Waals surface area contributed by atoms with E-state index >= 15 is 0 Å². The first-order valence-corrected chi connectivity index (χ1v) is 8.08. The highest BCUT2D eigenvalue weighted by molar-refractivity contribution is 5.36. The van der Waals surface area contributed by atoms with Crippen molar-refractivity contribution in [1.82, 2.24) is 5.32 Å². The molecule has 0 aliphatic rings. The first kappa shape index (κ1) is 17.0. The zero-order chi connectivity index (χ0) is 14.8. The molecular weight excluding hydrogens is 246 g/mol. The van der Waals surface area contributed by atoms with Crippen molar-refractivity contribution in [3.05, 3.63) is 29.3 Å². The standard InChI is InChI=1S/C18H31NO/c1-5-6-7-8-9-12-19-14-17(4)20-18-13-15(2)10-11-16(18)3/h10-11,13,17,19H,5-9,12,14H2,1-4H3. The average Bonchev–Trinajstić information content (AvgIpc) is 2.42. The van der Waals surface area contributed by atoms with Crippen LogP contribution in [0.4, 0.5) is 0 Å². The minimum absolute atomic E-state index is 0.214. The van der Waals surface area contributed by atoms with Crippen molar-refractivity contribution in [3.63, 3.8) is 0 Å². The summed E-state index contributed by atoms with van der Waals surface area (Å²) >= 11 is 0. The SMILES string of the molecule is CCCCCCCNCC(C)Oc1cc(C)ccc1C. The highest BCUT2D eigenvalue weighted by Crippen LogP contribution is 2.20. The average molecular weight is 277 g/mol. The Labute approximate surface area is 124 Å². The van der Waals surface area contributed by atoms with E-state index in [-0.39, 0.29) is 6.10 Å². The lowest BCUT2D eigenvalue weighted by Gasteiger charge is -2.17. The molecule has 0 spiro atoms. The van der Waals surface area contributed by atoms with Gasteiger partial charge in [0.2, 0.25) is 0 Å². The fourth-order valence-corrected chi connectivity index (χ4v) is 2.25. The summed E-state index contributed by atoms with van der Waals surface area (Å²) in [6, 6.07) is 6.37. The Balaban J connectivity index is 2.17. The van der Waals surface area contributed by atoms with Gasteiger partial charge < -0.3 is 10.1 Å². The largest absolute Gasteiger partial charge is 0.489 e. The zero-order valence-corrected chi connectivity index (χ0v) is 13.7. The van der Waals surface area contributed by atoms with E-state index in [1.54, 1.807) is 0 Å². The molecule has 0 bridgehead atoms. The number of unbranched alkanes of at least 4 members (excludes halogenated alkanes) is 4. The van der Waals surface area contributed by atoms with Crippen molar-refractivity contribution >= 4 is 0 Å². The smallest absolute Gasteiger partial charge is 0.122 e. The van der Waals surface area contributed by atoms with Crippen molar-refractivity contribution < 1.29 is 4.74 Å². The van der Waals surface area contributed by atoms with Gasteiger partial charge in [0.05, 0.1) is 0 Å². The quantitative estimate of drug-likeness (QED) is 0.630. The van der Waals surface area contributed by atoms with Gasteiger partial charge in [-0.1, -0.05) is 44.7 Å². The summed E-state index contributed by atoms with van der Waals surface area (Å²) in [6.07, 6.45) is 6.88. The van der Waals surface area contributed by atoms with Gasteiger partial charge in [-0.15, -0.1) is 0 Å². The predicted molar refractivity (Wildman–Crippen MR) is 87.6 cm³/mol. The maximum atomic E-state index is 6.01. The molecule has 0 fully saturated rings. The molecule has 0 radical (unpaired) electrons. The maximum Gasteiger partial charge on any atom is 0.122 e. The fraction of sp³-hybridized carbons (Fsp3) is 0.667. The van der Waals surface area contributed by atoms with Gasteiger partial charge in [-0.05, 0) is 50.9 Å². The van der Waals surface area contributed by atoms with Crippen molar-refractivity contribution in [2.45, 2.75) is 65.9 Å². The fourth-order valence-electron chi connectivity index (χ4n) is 2.25. The van der Waals surface area contributed by atoms with Crippen LogP contribution in [-0.4, -0.2) is 19.2 Å². The third kappa shape index (κ3) is 6.95. The molecule has 0 saturated carbocycles. The topological polar surface area (TPSA) is 21.3 Å². The molecule has 0 aliphatic heterocycles. The molecule has 1 atom stereocenters. The minimum Gasteiger partial charge on any atom is -0.489 e. The van der Waals surface area contributed by atoms with Crippen LogP contribution in [-0.2, 0) is 0 Å². The molecule has 1 aromatic carbocycles. The van der Waals surface area contributed by atoms with Gasteiger partial charge in [0.25, 0.3) is 0 Å². The number of aryl methyl sites for hydroxylation is 2. The highest BCUT2D eigenvalue weighted by atomic mass is 16.5. The van der Waals surface area contributed by atoms with Crippen molar-refractivity contribution in [1.29, 1.82) is 0 Å². The molecule has 0 saturated heterocycles. The van der Waals surface area contributed by atoms with Gasteiger partial charge in [-0.3, -0.25) is 0 Å². The van der Waals surface area contributed by atoms with Crippen molar-refractivity contribution in [2.75, 3.05) is 13.1 Å². The van der Waals surface area contributed by atoms with Crippen LogP contribution in [0.1, 0.15) is 57.1 Å². The number of benzene rings is 1. The Morgan fingerprint density at radius 3 is 2.60 bits per heavy atom. The monoisotopic (exact) mass is 277 g/mol. The predicted octanol–water partition coefficient (Wildman–Crippen LogP) is 4.63. The highest BCUT2D eigenvalue weighted by Gasteiger charge is 2.06. The van der Waals surface area contributed by atoms with Gasteiger partial charge in [-0.25, -0.2) is 0 Å². The summed E-state index contributed by atoms with van der Waals surface area (Å²) in [5.41, 5.74) is 2.46. The van der Waals surface area contributed by atoms with Gasteiger partial charge in [0, 0.05) is 6.54 Å². The Morgan fingerprint density at radius 1 is 1.10 bits per heavy atom. The molecule has 0 amide bonds. The Bertz CT molecular complexity index is 376. The summed E-state index contributed by atoms with van der Waals surface area (Å²) < 4.78 is 6.01. The number of hydrogen-bond donors (Lipinski definition) is 1. The van der Waals surface area contributed by atoms with Crippen LogP contribution < -0.4 is 10.1 Å². The summed E-state index contributed by atoms with van der Waals surface area (Å²) in [7, 11) is 0. The zero-order valence-electron chi connectivity index (χ0n) is 13.7. The molecule has 1 unspecified atom stereocenters. The van der Waals surface area contributed by atoms with Gasteiger partial charge in [0.15, 0.2) is 0 Å². The molecule has 2 heteroatoms. The summed E-state index contributed by atoms with van der Waals surface area (Å²) in [4.78, 5) is 0. The van der Waals surface area contributed by atoms with E-state index < -0.39 is 0 Å². The lowest BCUT2D eigenvalue weighted by molar-refractivity contribution is 0.215. The third-order valence-corrected chi connectivity index (χ3v) is 3.56. The number of rotatable bonds is 10.